The lowest BCUT2D eigenvalue weighted by molar-refractivity contribution is -0.139. The zero-order valence-electron chi connectivity index (χ0n) is 15.5. The molecule has 3 rings (SSSR count). The molecule has 2 aromatic rings. The van der Waals surface area contributed by atoms with Crippen LogP contribution in [-0.2, 0) is 9.53 Å². The third kappa shape index (κ3) is 4.49. The van der Waals surface area contributed by atoms with Crippen LogP contribution in [0.3, 0.4) is 0 Å². The molecule has 7 nitrogen and oxygen atoms in total. The van der Waals surface area contributed by atoms with Crippen molar-refractivity contribution in [2.24, 2.45) is 0 Å². The highest BCUT2D eigenvalue weighted by molar-refractivity contribution is 5.88. The van der Waals surface area contributed by atoms with Gasteiger partial charge in [0.25, 0.3) is 0 Å². The average molecular weight is 355 g/mol. The van der Waals surface area contributed by atoms with Gasteiger partial charge >= 0.3 is 0 Å². The number of amides is 1. The molecule has 0 atom stereocenters. The van der Waals surface area contributed by atoms with Gasteiger partial charge in [0.1, 0.15) is 23.5 Å². The number of carbonyl (C=O) groups excluding carboxylic acids is 1. The van der Waals surface area contributed by atoms with Crippen molar-refractivity contribution in [1.82, 2.24) is 14.9 Å². The molecule has 2 heterocycles. The lowest BCUT2D eigenvalue weighted by Crippen LogP contribution is -2.53. The van der Waals surface area contributed by atoms with Crippen LogP contribution in [0, 0.1) is 6.92 Å². The number of hydrogen-bond donors (Lipinski definition) is 2. The van der Waals surface area contributed by atoms with E-state index in [4.69, 9.17) is 4.74 Å². The van der Waals surface area contributed by atoms with Crippen LogP contribution in [-0.4, -0.2) is 52.6 Å². The number of carbonyl (C=O) groups is 1. The van der Waals surface area contributed by atoms with Gasteiger partial charge in [-0.25, -0.2) is 9.97 Å². The molecule has 0 unspecified atom stereocenters. The summed E-state index contributed by atoms with van der Waals surface area (Å²) < 4.78 is 5.32. The Hall–Kier alpha value is -2.67. The SMILES string of the molecule is Cc1cccc(Nc2cc(NC(C)(C)C(=O)N3CCOCC3)ncn2)c1. The fourth-order valence-electron chi connectivity index (χ4n) is 2.90. The molecule has 1 aromatic heterocycles. The number of rotatable bonds is 5. The summed E-state index contributed by atoms with van der Waals surface area (Å²) in [7, 11) is 0. The van der Waals surface area contributed by atoms with Gasteiger partial charge in [-0.3, -0.25) is 4.79 Å². The number of aromatic nitrogens is 2. The predicted molar refractivity (Wildman–Crippen MR) is 102 cm³/mol. The molecule has 0 aliphatic carbocycles. The molecule has 0 spiro atoms. The number of nitrogens with zero attached hydrogens (tertiary/aromatic N) is 3. The van der Waals surface area contributed by atoms with E-state index in [1.54, 1.807) is 6.07 Å². The summed E-state index contributed by atoms with van der Waals surface area (Å²) in [5, 5.41) is 6.49. The third-order valence-electron chi connectivity index (χ3n) is 4.23. The summed E-state index contributed by atoms with van der Waals surface area (Å²) >= 11 is 0. The van der Waals surface area contributed by atoms with Gasteiger partial charge in [0, 0.05) is 24.8 Å². The molecule has 7 heteroatoms. The Kier molecular flexibility index (Phi) is 5.37. The monoisotopic (exact) mass is 355 g/mol. The Morgan fingerprint density at radius 1 is 1.15 bits per heavy atom. The molecule has 1 aliphatic heterocycles. The second-order valence-corrected chi connectivity index (χ2v) is 6.94. The molecule has 2 N–H and O–H groups in total. The van der Waals surface area contributed by atoms with E-state index in [0.717, 1.165) is 5.69 Å². The summed E-state index contributed by atoms with van der Waals surface area (Å²) in [5.41, 5.74) is 1.35. The van der Waals surface area contributed by atoms with E-state index in [9.17, 15) is 4.79 Å². The molecule has 1 aromatic carbocycles. The fourth-order valence-corrected chi connectivity index (χ4v) is 2.90. The van der Waals surface area contributed by atoms with Gasteiger partial charge in [-0.15, -0.1) is 0 Å². The highest BCUT2D eigenvalue weighted by Gasteiger charge is 2.33. The first-order chi connectivity index (χ1) is 12.4. The van der Waals surface area contributed by atoms with Crippen LogP contribution in [0.5, 0.6) is 0 Å². The van der Waals surface area contributed by atoms with Crippen LogP contribution in [0.4, 0.5) is 17.3 Å². The predicted octanol–water partition coefficient (Wildman–Crippen LogP) is 2.58. The lowest BCUT2D eigenvalue weighted by atomic mass is 10.0. The van der Waals surface area contributed by atoms with E-state index in [2.05, 4.69) is 20.6 Å². The van der Waals surface area contributed by atoms with Crippen LogP contribution in [0.15, 0.2) is 36.7 Å². The normalized spacial score (nSPS) is 14.8. The largest absolute Gasteiger partial charge is 0.378 e. The van der Waals surface area contributed by atoms with Gasteiger partial charge in [-0.05, 0) is 38.5 Å². The smallest absolute Gasteiger partial charge is 0.247 e. The van der Waals surface area contributed by atoms with Crippen LogP contribution in [0.1, 0.15) is 19.4 Å². The van der Waals surface area contributed by atoms with Gasteiger partial charge in [0.05, 0.1) is 13.2 Å². The number of ether oxygens (including phenoxy) is 1. The van der Waals surface area contributed by atoms with Crippen LogP contribution in [0.25, 0.3) is 0 Å². The molecule has 0 radical (unpaired) electrons. The Balaban J connectivity index is 1.70. The molecule has 1 amide bonds. The standard InChI is InChI=1S/C19H25N5O2/c1-14-5-4-6-15(11-14)22-16-12-17(21-13-20-16)23-19(2,3)18(25)24-7-9-26-10-8-24/h4-6,11-13H,7-10H2,1-3H3,(H2,20,21,22,23). The van der Waals surface area contributed by atoms with Crippen molar-refractivity contribution in [3.63, 3.8) is 0 Å². The van der Waals surface area contributed by atoms with E-state index in [1.807, 2.05) is 49.9 Å². The van der Waals surface area contributed by atoms with Crippen molar-refractivity contribution in [2.45, 2.75) is 26.3 Å². The Bertz CT molecular complexity index is 772. The second kappa shape index (κ2) is 7.70. The maximum atomic E-state index is 12.8. The van der Waals surface area contributed by atoms with E-state index in [1.165, 1.54) is 11.9 Å². The molecular formula is C19H25N5O2. The number of benzene rings is 1. The van der Waals surface area contributed by atoms with E-state index in [-0.39, 0.29) is 5.91 Å². The minimum absolute atomic E-state index is 0.0348. The maximum Gasteiger partial charge on any atom is 0.247 e. The lowest BCUT2D eigenvalue weighted by Gasteiger charge is -2.35. The second-order valence-electron chi connectivity index (χ2n) is 6.94. The van der Waals surface area contributed by atoms with Gasteiger partial charge in [-0.1, -0.05) is 12.1 Å². The zero-order chi connectivity index (χ0) is 18.6. The Labute approximate surface area is 153 Å². The quantitative estimate of drug-likeness (QED) is 0.858. The van der Waals surface area contributed by atoms with Crippen molar-refractivity contribution in [1.29, 1.82) is 0 Å². The molecule has 1 fully saturated rings. The number of morpholine rings is 1. The summed E-state index contributed by atoms with van der Waals surface area (Å²) in [6, 6.07) is 9.85. The van der Waals surface area contributed by atoms with Crippen LogP contribution in [0.2, 0.25) is 0 Å². The third-order valence-corrected chi connectivity index (χ3v) is 4.23. The maximum absolute atomic E-state index is 12.8. The molecule has 0 bridgehead atoms. The minimum atomic E-state index is -0.772. The molecule has 0 saturated carbocycles. The van der Waals surface area contributed by atoms with Crippen molar-refractivity contribution < 1.29 is 9.53 Å². The summed E-state index contributed by atoms with van der Waals surface area (Å²) in [6.07, 6.45) is 1.48. The first kappa shape index (κ1) is 18.1. The summed E-state index contributed by atoms with van der Waals surface area (Å²) in [6.45, 7) is 8.17. The minimum Gasteiger partial charge on any atom is -0.378 e. The average Bonchev–Trinajstić information content (AvgIpc) is 2.62. The molecule has 1 aliphatic rings. The molecule has 138 valence electrons. The first-order valence-electron chi connectivity index (χ1n) is 8.75. The highest BCUT2D eigenvalue weighted by Crippen LogP contribution is 2.20. The van der Waals surface area contributed by atoms with Gasteiger partial charge < -0.3 is 20.3 Å². The molecule has 1 saturated heterocycles. The van der Waals surface area contributed by atoms with E-state index >= 15 is 0 Å². The highest BCUT2D eigenvalue weighted by atomic mass is 16.5. The van der Waals surface area contributed by atoms with Gasteiger partial charge in [0.2, 0.25) is 5.91 Å². The van der Waals surface area contributed by atoms with Crippen molar-refractivity contribution in [2.75, 3.05) is 36.9 Å². The number of hydrogen-bond acceptors (Lipinski definition) is 6. The van der Waals surface area contributed by atoms with E-state index in [0.29, 0.717) is 37.9 Å². The fraction of sp³-hybridized carbons (Fsp3) is 0.421. The Morgan fingerprint density at radius 3 is 2.62 bits per heavy atom. The van der Waals surface area contributed by atoms with Crippen LogP contribution < -0.4 is 10.6 Å². The first-order valence-corrected chi connectivity index (χ1v) is 8.75. The van der Waals surface area contributed by atoms with Crippen molar-refractivity contribution in [3.8, 4) is 0 Å². The topological polar surface area (TPSA) is 79.4 Å². The number of nitrogens with one attached hydrogen (secondary N) is 2. The van der Waals surface area contributed by atoms with Crippen LogP contribution >= 0.6 is 0 Å². The van der Waals surface area contributed by atoms with Crippen molar-refractivity contribution in [3.05, 3.63) is 42.2 Å². The number of aryl methyl sites for hydroxylation is 1. The van der Waals surface area contributed by atoms with Crippen molar-refractivity contribution >= 4 is 23.2 Å². The summed E-state index contributed by atoms with van der Waals surface area (Å²) in [5.74, 6) is 1.30. The summed E-state index contributed by atoms with van der Waals surface area (Å²) in [4.78, 5) is 23.1. The van der Waals surface area contributed by atoms with E-state index < -0.39 is 5.54 Å². The van der Waals surface area contributed by atoms with Gasteiger partial charge in [0.15, 0.2) is 0 Å². The number of anilines is 3. The Morgan fingerprint density at radius 2 is 1.88 bits per heavy atom. The zero-order valence-corrected chi connectivity index (χ0v) is 15.5. The van der Waals surface area contributed by atoms with Gasteiger partial charge in [-0.2, -0.15) is 0 Å². The molecule has 26 heavy (non-hydrogen) atoms. The molecular weight excluding hydrogens is 330 g/mol.